The smallest absolute Gasteiger partial charge is 0.255 e. The molecule has 0 saturated carbocycles. The van der Waals surface area contributed by atoms with Gasteiger partial charge in [0.15, 0.2) is 0 Å². The number of carbonyl (C=O) groups is 1. The summed E-state index contributed by atoms with van der Waals surface area (Å²) in [4.78, 5) is 17.5. The maximum Gasteiger partial charge on any atom is 0.255 e. The highest BCUT2D eigenvalue weighted by Crippen LogP contribution is 2.31. The highest BCUT2D eigenvalue weighted by molar-refractivity contribution is 6.35. The molecule has 1 amide bonds. The van der Waals surface area contributed by atoms with Gasteiger partial charge in [-0.2, -0.15) is 0 Å². The summed E-state index contributed by atoms with van der Waals surface area (Å²) in [6.07, 6.45) is 4.81. The number of halogens is 1. The van der Waals surface area contributed by atoms with E-state index in [1.54, 1.807) is 18.2 Å². The quantitative estimate of drug-likeness (QED) is 0.757. The molecule has 0 radical (unpaired) electrons. The largest absolute Gasteiger partial charge is 0.487 e. The third kappa shape index (κ3) is 4.45. The Morgan fingerprint density at radius 1 is 1.37 bits per heavy atom. The lowest BCUT2D eigenvalue weighted by molar-refractivity contribution is 0.0269. The van der Waals surface area contributed by atoms with Crippen molar-refractivity contribution in [3.8, 4) is 5.75 Å². The van der Waals surface area contributed by atoms with Gasteiger partial charge in [0, 0.05) is 50.2 Å². The Morgan fingerprint density at radius 2 is 2.19 bits per heavy atom. The second-order valence-electron chi connectivity index (χ2n) is 7.37. The van der Waals surface area contributed by atoms with E-state index in [1.807, 2.05) is 4.90 Å². The van der Waals surface area contributed by atoms with Crippen LogP contribution < -0.4 is 10.5 Å². The first-order valence-corrected chi connectivity index (χ1v) is 9.77. The molecule has 7 heteroatoms. The molecule has 2 fully saturated rings. The van der Waals surface area contributed by atoms with Crippen LogP contribution in [0.4, 0.5) is 0 Å². The highest BCUT2D eigenvalue weighted by Gasteiger charge is 2.34. The molecule has 3 rings (SSSR count). The van der Waals surface area contributed by atoms with Crippen molar-refractivity contribution in [1.82, 2.24) is 9.80 Å². The van der Waals surface area contributed by atoms with Crippen LogP contribution in [0.3, 0.4) is 0 Å². The first kappa shape index (κ1) is 19.7. The minimum Gasteiger partial charge on any atom is -0.487 e. The van der Waals surface area contributed by atoms with Gasteiger partial charge in [-0.3, -0.25) is 9.69 Å². The third-order valence-electron chi connectivity index (χ3n) is 5.42. The van der Waals surface area contributed by atoms with E-state index in [0.29, 0.717) is 28.0 Å². The number of carbonyl (C=O) groups excluding carboxylic acids is 1. The molecule has 6 nitrogen and oxygen atoms in total. The molecule has 0 bridgehead atoms. The number of rotatable bonds is 5. The summed E-state index contributed by atoms with van der Waals surface area (Å²) in [6.45, 7) is 5.94. The van der Waals surface area contributed by atoms with Gasteiger partial charge in [-0.05, 0) is 30.9 Å². The average Bonchev–Trinajstić information content (AvgIpc) is 2.69. The fraction of sp³-hybridized carbons (Fsp3) is 0.500. The molecule has 0 unspecified atom stereocenters. The van der Waals surface area contributed by atoms with E-state index in [1.165, 1.54) is 12.6 Å². The van der Waals surface area contributed by atoms with Crippen molar-refractivity contribution in [2.24, 2.45) is 11.7 Å². The number of hydrogen-bond acceptors (Lipinski definition) is 5. The summed E-state index contributed by atoms with van der Waals surface area (Å²) in [5.74, 6) is 1.11. The van der Waals surface area contributed by atoms with Crippen molar-refractivity contribution in [3.05, 3.63) is 40.6 Å². The zero-order chi connectivity index (χ0) is 19.4. The number of fused-ring (bicyclic) bond motifs is 1. The maximum atomic E-state index is 13.1. The van der Waals surface area contributed by atoms with E-state index in [-0.39, 0.29) is 12.5 Å². The molecule has 2 aliphatic rings. The fourth-order valence-corrected chi connectivity index (χ4v) is 4.08. The van der Waals surface area contributed by atoms with Crippen LogP contribution in [0.25, 0.3) is 0 Å². The number of benzene rings is 1. The van der Waals surface area contributed by atoms with Gasteiger partial charge in [-0.15, -0.1) is 0 Å². The van der Waals surface area contributed by atoms with Crippen LogP contribution in [0.1, 0.15) is 30.1 Å². The topological polar surface area (TPSA) is 82.6 Å². The zero-order valence-electron chi connectivity index (χ0n) is 15.7. The first-order chi connectivity index (χ1) is 13.0. The number of piperazine rings is 1. The molecule has 2 atom stereocenters. The van der Waals surface area contributed by atoms with Gasteiger partial charge >= 0.3 is 0 Å². The summed E-state index contributed by atoms with van der Waals surface area (Å²) in [6, 6.07) is 5.67. The standard InChI is InChI=1S/C20H27ClN4O2/c1-14-5-6-16-12-25(8-7-24(16)11-14)20(26)17-3-2-4-18(19(17)21)27-13-15(9-22)10-23/h2-4,9-10,14,16,22H,5-8,11-13,23H2,1H3/b15-10+,22-9?/t14-,16+/m0/s1. The van der Waals surface area contributed by atoms with Gasteiger partial charge in [-0.25, -0.2) is 0 Å². The zero-order valence-corrected chi connectivity index (χ0v) is 16.4. The van der Waals surface area contributed by atoms with E-state index in [4.69, 9.17) is 27.5 Å². The van der Waals surface area contributed by atoms with Crippen molar-refractivity contribution < 1.29 is 9.53 Å². The monoisotopic (exact) mass is 390 g/mol. The number of nitrogens with one attached hydrogen (secondary N) is 1. The molecule has 2 saturated heterocycles. The molecule has 0 aromatic heterocycles. The Labute approximate surface area is 165 Å². The van der Waals surface area contributed by atoms with Crippen LogP contribution in [0, 0.1) is 11.3 Å². The van der Waals surface area contributed by atoms with Crippen LogP contribution in [0.15, 0.2) is 30.0 Å². The van der Waals surface area contributed by atoms with Gasteiger partial charge in [0.05, 0.1) is 10.6 Å². The number of piperidine rings is 1. The van der Waals surface area contributed by atoms with Crippen molar-refractivity contribution in [3.63, 3.8) is 0 Å². The van der Waals surface area contributed by atoms with Crippen LogP contribution in [0.2, 0.25) is 5.02 Å². The lowest BCUT2D eigenvalue weighted by Gasteiger charge is -2.45. The Balaban J connectivity index is 1.70. The molecule has 146 valence electrons. The maximum absolute atomic E-state index is 13.1. The molecule has 0 aliphatic carbocycles. The number of hydrogen-bond donors (Lipinski definition) is 2. The predicted molar refractivity (Wildman–Crippen MR) is 108 cm³/mol. The fourth-order valence-electron chi connectivity index (χ4n) is 3.82. The van der Waals surface area contributed by atoms with Gasteiger partial charge in [0.2, 0.25) is 0 Å². The third-order valence-corrected chi connectivity index (χ3v) is 5.81. The summed E-state index contributed by atoms with van der Waals surface area (Å²) >= 11 is 6.46. The SMILES string of the molecule is C[C@H]1CC[C@@H]2CN(C(=O)c3cccc(OC/C(C=N)=C/N)c3Cl)CCN2C1. The second-order valence-corrected chi connectivity index (χ2v) is 7.75. The number of nitrogens with zero attached hydrogens (tertiary/aromatic N) is 2. The predicted octanol–water partition coefficient (Wildman–Crippen LogP) is 2.77. The summed E-state index contributed by atoms with van der Waals surface area (Å²) in [5, 5.41) is 7.57. The Bertz CT molecular complexity index is 737. The summed E-state index contributed by atoms with van der Waals surface area (Å²) in [5.41, 5.74) is 6.42. The molecular formula is C20H27ClN4O2. The minimum absolute atomic E-state index is 0.0506. The van der Waals surface area contributed by atoms with E-state index in [2.05, 4.69) is 11.8 Å². The molecule has 2 heterocycles. The van der Waals surface area contributed by atoms with Crippen LogP contribution in [0.5, 0.6) is 5.75 Å². The Kier molecular flexibility index (Phi) is 6.39. The van der Waals surface area contributed by atoms with Crippen molar-refractivity contribution in [2.75, 3.05) is 32.8 Å². The van der Waals surface area contributed by atoms with Crippen molar-refractivity contribution >= 4 is 23.7 Å². The van der Waals surface area contributed by atoms with E-state index in [0.717, 1.165) is 44.7 Å². The van der Waals surface area contributed by atoms with E-state index >= 15 is 0 Å². The number of ether oxygens (including phenoxy) is 1. The lowest BCUT2D eigenvalue weighted by atomic mass is 9.92. The number of amides is 1. The normalized spacial score (nSPS) is 23.6. The van der Waals surface area contributed by atoms with Gasteiger partial charge in [-0.1, -0.05) is 24.6 Å². The summed E-state index contributed by atoms with van der Waals surface area (Å²) < 4.78 is 5.65. The highest BCUT2D eigenvalue weighted by atomic mass is 35.5. The van der Waals surface area contributed by atoms with Gasteiger partial charge < -0.3 is 20.8 Å². The molecular weight excluding hydrogens is 364 g/mol. The van der Waals surface area contributed by atoms with Crippen LogP contribution in [-0.4, -0.2) is 60.7 Å². The lowest BCUT2D eigenvalue weighted by Crippen LogP contribution is -2.57. The Hall–Kier alpha value is -2.05. The van der Waals surface area contributed by atoms with Crippen molar-refractivity contribution in [1.29, 1.82) is 5.41 Å². The second kappa shape index (κ2) is 8.76. The molecule has 1 aromatic carbocycles. The molecule has 1 aromatic rings. The molecule has 0 spiro atoms. The van der Waals surface area contributed by atoms with Gasteiger partial charge in [0.25, 0.3) is 5.91 Å². The first-order valence-electron chi connectivity index (χ1n) is 9.39. The molecule has 2 aliphatic heterocycles. The summed E-state index contributed by atoms with van der Waals surface area (Å²) in [7, 11) is 0. The van der Waals surface area contributed by atoms with Crippen LogP contribution >= 0.6 is 11.6 Å². The Morgan fingerprint density at radius 3 is 2.93 bits per heavy atom. The molecule has 27 heavy (non-hydrogen) atoms. The minimum atomic E-state index is -0.0506. The molecule has 3 N–H and O–H groups in total. The van der Waals surface area contributed by atoms with Crippen molar-refractivity contribution in [2.45, 2.75) is 25.8 Å². The van der Waals surface area contributed by atoms with E-state index < -0.39 is 0 Å². The van der Waals surface area contributed by atoms with Crippen LogP contribution in [-0.2, 0) is 0 Å². The number of nitrogens with two attached hydrogens (primary N) is 1. The van der Waals surface area contributed by atoms with Gasteiger partial charge in [0.1, 0.15) is 12.4 Å². The van der Waals surface area contributed by atoms with E-state index in [9.17, 15) is 4.79 Å². The average molecular weight is 391 g/mol.